The SMILES string of the molecule is Cc1nn(C)cc1Nc1nc2c(cc1C(N)=S)CCCC2. The number of nitrogens with zero attached hydrogens (tertiary/aromatic N) is 3. The van der Waals surface area contributed by atoms with Crippen LogP contribution in [-0.4, -0.2) is 19.8 Å². The topological polar surface area (TPSA) is 68.8 Å². The smallest absolute Gasteiger partial charge is 0.141 e. The van der Waals surface area contributed by atoms with E-state index in [9.17, 15) is 0 Å². The first-order chi connectivity index (χ1) is 10.0. The molecule has 3 rings (SSSR count). The number of nitrogens with one attached hydrogen (secondary N) is 1. The van der Waals surface area contributed by atoms with Gasteiger partial charge in [-0.1, -0.05) is 12.2 Å². The van der Waals surface area contributed by atoms with Gasteiger partial charge < -0.3 is 11.1 Å². The molecule has 0 amide bonds. The van der Waals surface area contributed by atoms with Crippen LogP contribution in [0.25, 0.3) is 0 Å². The van der Waals surface area contributed by atoms with Gasteiger partial charge in [-0.15, -0.1) is 0 Å². The van der Waals surface area contributed by atoms with Crippen molar-refractivity contribution < 1.29 is 0 Å². The summed E-state index contributed by atoms with van der Waals surface area (Å²) < 4.78 is 1.77. The predicted octanol–water partition coefficient (Wildman–Crippen LogP) is 2.38. The van der Waals surface area contributed by atoms with E-state index in [0.29, 0.717) is 4.99 Å². The van der Waals surface area contributed by atoms with Gasteiger partial charge in [-0.25, -0.2) is 4.98 Å². The van der Waals surface area contributed by atoms with Crippen LogP contribution < -0.4 is 11.1 Å². The molecule has 2 heterocycles. The van der Waals surface area contributed by atoms with Gasteiger partial charge in [-0.3, -0.25) is 4.68 Å². The molecule has 2 aromatic heterocycles. The van der Waals surface area contributed by atoms with Crippen molar-refractivity contribution >= 4 is 28.7 Å². The maximum atomic E-state index is 5.88. The monoisotopic (exact) mass is 301 g/mol. The lowest BCUT2D eigenvalue weighted by Gasteiger charge is -2.19. The minimum atomic E-state index is 0.375. The molecule has 21 heavy (non-hydrogen) atoms. The first kappa shape index (κ1) is 14.0. The average Bonchev–Trinajstić information content (AvgIpc) is 2.76. The van der Waals surface area contributed by atoms with E-state index in [-0.39, 0.29) is 0 Å². The maximum Gasteiger partial charge on any atom is 0.141 e. The molecule has 1 aliphatic rings. The fourth-order valence-electron chi connectivity index (χ4n) is 2.77. The lowest BCUT2D eigenvalue weighted by molar-refractivity contribution is 0.668. The summed E-state index contributed by atoms with van der Waals surface area (Å²) in [6.07, 6.45) is 6.41. The van der Waals surface area contributed by atoms with E-state index in [1.54, 1.807) is 4.68 Å². The highest BCUT2D eigenvalue weighted by molar-refractivity contribution is 7.80. The third-order valence-corrected chi connectivity index (χ3v) is 4.05. The molecule has 0 aliphatic heterocycles. The van der Waals surface area contributed by atoms with Crippen molar-refractivity contribution in [2.24, 2.45) is 12.8 Å². The Hall–Kier alpha value is -1.95. The largest absolute Gasteiger partial charge is 0.389 e. The van der Waals surface area contributed by atoms with Crippen LogP contribution in [0.4, 0.5) is 11.5 Å². The van der Waals surface area contributed by atoms with E-state index in [0.717, 1.165) is 41.3 Å². The van der Waals surface area contributed by atoms with Gasteiger partial charge >= 0.3 is 0 Å². The second-order valence-electron chi connectivity index (χ2n) is 5.49. The van der Waals surface area contributed by atoms with Crippen molar-refractivity contribution in [1.82, 2.24) is 14.8 Å². The van der Waals surface area contributed by atoms with Crippen molar-refractivity contribution in [3.05, 3.63) is 34.8 Å². The molecular formula is C15H19N5S. The third kappa shape index (κ3) is 2.76. The van der Waals surface area contributed by atoms with Crippen molar-refractivity contribution in [1.29, 1.82) is 0 Å². The molecular weight excluding hydrogens is 282 g/mol. The van der Waals surface area contributed by atoms with Gasteiger partial charge in [0.05, 0.1) is 16.9 Å². The Morgan fingerprint density at radius 1 is 1.38 bits per heavy atom. The molecule has 0 saturated carbocycles. The number of nitrogens with two attached hydrogens (primary N) is 1. The number of hydrogen-bond donors (Lipinski definition) is 2. The summed E-state index contributed by atoms with van der Waals surface area (Å²) in [6, 6.07) is 2.10. The first-order valence-corrected chi connectivity index (χ1v) is 7.55. The van der Waals surface area contributed by atoms with Crippen LogP contribution >= 0.6 is 12.2 Å². The summed E-state index contributed by atoms with van der Waals surface area (Å²) >= 11 is 5.19. The van der Waals surface area contributed by atoms with E-state index in [1.807, 2.05) is 20.2 Å². The Labute approximate surface area is 129 Å². The average molecular weight is 301 g/mol. The van der Waals surface area contributed by atoms with Crippen molar-refractivity contribution in [2.45, 2.75) is 32.6 Å². The minimum absolute atomic E-state index is 0.375. The second-order valence-corrected chi connectivity index (χ2v) is 5.93. The van der Waals surface area contributed by atoms with E-state index in [2.05, 4.69) is 16.5 Å². The number of hydrogen-bond acceptors (Lipinski definition) is 4. The molecule has 0 fully saturated rings. The lowest BCUT2D eigenvalue weighted by atomic mass is 9.94. The van der Waals surface area contributed by atoms with Gasteiger partial charge in [-0.2, -0.15) is 5.10 Å². The number of thiocarbonyl (C=S) groups is 1. The Balaban J connectivity index is 2.03. The molecule has 1 aliphatic carbocycles. The van der Waals surface area contributed by atoms with Gasteiger partial charge in [0.15, 0.2) is 0 Å². The highest BCUT2D eigenvalue weighted by atomic mass is 32.1. The molecule has 0 radical (unpaired) electrons. The van der Waals surface area contributed by atoms with Crippen molar-refractivity contribution in [2.75, 3.05) is 5.32 Å². The zero-order valence-corrected chi connectivity index (χ0v) is 13.1. The van der Waals surface area contributed by atoms with Gasteiger partial charge in [0, 0.05) is 18.9 Å². The summed E-state index contributed by atoms with van der Waals surface area (Å²) in [5.74, 6) is 0.735. The van der Waals surface area contributed by atoms with Gasteiger partial charge in [0.2, 0.25) is 0 Å². The molecule has 5 nitrogen and oxygen atoms in total. The van der Waals surface area contributed by atoms with Crippen LogP contribution in [0.2, 0.25) is 0 Å². The number of rotatable bonds is 3. The molecule has 0 bridgehead atoms. The number of pyridine rings is 1. The summed E-state index contributed by atoms with van der Waals surface area (Å²) in [6.45, 7) is 1.96. The summed E-state index contributed by atoms with van der Waals surface area (Å²) in [4.78, 5) is 5.14. The molecule has 0 unspecified atom stereocenters. The van der Waals surface area contributed by atoms with E-state index in [4.69, 9.17) is 22.9 Å². The van der Waals surface area contributed by atoms with Gasteiger partial charge in [-0.05, 0) is 44.2 Å². The summed E-state index contributed by atoms with van der Waals surface area (Å²) in [5, 5.41) is 7.66. The second kappa shape index (κ2) is 5.44. The fourth-order valence-corrected chi connectivity index (χ4v) is 2.92. The highest BCUT2D eigenvalue weighted by Gasteiger charge is 2.17. The Bertz CT molecular complexity index is 704. The zero-order valence-electron chi connectivity index (χ0n) is 12.3. The van der Waals surface area contributed by atoms with Crippen LogP contribution in [0.5, 0.6) is 0 Å². The Morgan fingerprint density at radius 3 is 2.81 bits per heavy atom. The highest BCUT2D eigenvalue weighted by Crippen LogP contribution is 2.27. The van der Waals surface area contributed by atoms with Crippen molar-refractivity contribution in [3.8, 4) is 0 Å². The number of aryl methyl sites for hydroxylation is 4. The van der Waals surface area contributed by atoms with E-state index >= 15 is 0 Å². The fraction of sp³-hybridized carbons (Fsp3) is 0.400. The number of anilines is 2. The molecule has 6 heteroatoms. The molecule has 3 N–H and O–H groups in total. The Morgan fingerprint density at radius 2 is 2.14 bits per heavy atom. The Kier molecular flexibility index (Phi) is 3.63. The normalized spacial score (nSPS) is 13.8. The third-order valence-electron chi connectivity index (χ3n) is 3.83. The molecule has 0 spiro atoms. The van der Waals surface area contributed by atoms with Crippen molar-refractivity contribution in [3.63, 3.8) is 0 Å². The van der Waals surface area contributed by atoms with Crippen LogP contribution in [0.15, 0.2) is 12.3 Å². The maximum absolute atomic E-state index is 5.88. The standard InChI is InChI=1S/C15H19N5S/c1-9-13(8-20(2)19-9)18-15-11(14(16)21)7-10-5-3-4-6-12(10)17-15/h7-8H,3-6H2,1-2H3,(H2,16,21)(H,17,18). The minimum Gasteiger partial charge on any atom is -0.389 e. The van der Waals surface area contributed by atoms with Gasteiger partial charge in [0.25, 0.3) is 0 Å². The quantitative estimate of drug-likeness (QED) is 0.852. The number of aromatic nitrogens is 3. The summed E-state index contributed by atoms with van der Waals surface area (Å²) in [7, 11) is 1.90. The van der Waals surface area contributed by atoms with Gasteiger partial charge in [0.1, 0.15) is 10.8 Å². The van der Waals surface area contributed by atoms with Crippen LogP contribution in [0, 0.1) is 6.92 Å². The molecule has 110 valence electrons. The molecule has 2 aromatic rings. The van der Waals surface area contributed by atoms with E-state index < -0.39 is 0 Å². The molecule has 0 saturated heterocycles. The lowest BCUT2D eigenvalue weighted by Crippen LogP contribution is -2.17. The van der Waals surface area contributed by atoms with Crippen LogP contribution in [0.1, 0.15) is 35.4 Å². The zero-order chi connectivity index (χ0) is 15.0. The van der Waals surface area contributed by atoms with Crippen LogP contribution in [0.3, 0.4) is 0 Å². The molecule has 0 aromatic carbocycles. The predicted molar refractivity (Wildman–Crippen MR) is 88.0 cm³/mol. The molecule has 0 atom stereocenters. The number of fused-ring (bicyclic) bond motifs is 1. The van der Waals surface area contributed by atoms with E-state index in [1.165, 1.54) is 18.4 Å². The first-order valence-electron chi connectivity index (χ1n) is 7.14. The van der Waals surface area contributed by atoms with Crippen LogP contribution in [-0.2, 0) is 19.9 Å². The summed E-state index contributed by atoms with van der Waals surface area (Å²) in [5.41, 5.74) is 11.0.